The van der Waals surface area contributed by atoms with Crippen molar-refractivity contribution in [1.82, 2.24) is 24.9 Å². The lowest BCUT2D eigenvalue weighted by Crippen LogP contribution is -2.24. The van der Waals surface area contributed by atoms with E-state index in [4.69, 9.17) is 5.11 Å². The van der Waals surface area contributed by atoms with Crippen LogP contribution in [0.1, 0.15) is 47.2 Å². The average Bonchev–Trinajstić information content (AvgIpc) is 3.29. The Bertz CT molecular complexity index is 981. The molecule has 8 nitrogen and oxygen atoms in total. The Balaban J connectivity index is 1.68. The molecule has 0 saturated carbocycles. The van der Waals surface area contributed by atoms with Gasteiger partial charge in [-0.2, -0.15) is 10.2 Å². The molecule has 0 fully saturated rings. The van der Waals surface area contributed by atoms with Crippen LogP contribution in [-0.4, -0.2) is 36.5 Å². The minimum absolute atomic E-state index is 0.0235. The number of carbonyl (C=O) groups is 2. The first kappa shape index (κ1) is 18.4. The molecule has 1 aromatic carbocycles. The Morgan fingerprint density at radius 1 is 1.22 bits per heavy atom. The van der Waals surface area contributed by atoms with Gasteiger partial charge in [-0.1, -0.05) is 12.1 Å². The lowest BCUT2D eigenvalue weighted by Gasteiger charge is -2.18. The van der Waals surface area contributed by atoms with Gasteiger partial charge in [-0.05, 0) is 44.5 Å². The van der Waals surface area contributed by atoms with Gasteiger partial charge in [0.05, 0.1) is 23.0 Å². The van der Waals surface area contributed by atoms with Gasteiger partial charge in [0, 0.05) is 18.9 Å². The molecule has 0 bridgehead atoms. The summed E-state index contributed by atoms with van der Waals surface area (Å²) in [7, 11) is 0. The van der Waals surface area contributed by atoms with Crippen molar-refractivity contribution in [1.29, 1.82) is 0 Å². The second-order valence-electron chi connectivity index (χ2n) is 7.15. The van der Waals surface area contributed by atoms with E-state index >= 15 is 0 Å². The number of carbonyl (C=O) groups excluding carboxylic acids is 1. The molecule has 2 N–H and O–H groups in total. The number of nitrogens with one attached hydrogen (secondary N) is 1. The van der Waals surface area contributed by atoms with Crippen molar-refractivity contribution in [3.05, 3.63) is 65.7 Å². The maximum Gasteiger partial charge on any atom is 0.356 e. The molecule has 2 aromatic heterocycles. The normalized spacial score (nSPS) is 11.4. The fraction of sp³-hybridized carbons (Fsp3) is 0.263. The molecular weight excluding hydrogens is 346 g/mol. The molecule has 2 heterocycles. The maximum absolute atomic E-state index is 12.3. The summed E-state index contributed by atoms with van der Waals surface area (Å²) in [5.41, 5.74) is 1.88. The van der Waals surface area contributed by atoms with E-state index in [1.807, 2.05) is 45.0 Å². The molecule has 3 rings (SSSR count). The van der Waals surface area contributed by atoms with E-state index in [0.29, 0.717) is 12.1 Å². The summed E-state index contributed by atoms with van der Waals surface area (Å²) in [5.74, 6) is -1.28. The van der Waals surface area contributed by atoms with Crippen LogP contribution in [0.4, 0.5) is 0 Å². The predicted octanol–water partition coefficient (Wildman–Crippen LogP) is 2.45. The van der Waals surface area contributed by atoms with Crippen LogP contribution in [0.15, 0.2) is 48.9 Å². The van der Waals surface area contributed by atoms with Crippen LogP contribution in [0, 0.1) is 0 Å². The molecule has 0 unspecified atom stereocenters. The third-order valence-corrected chi connectivity index (χ3v) is 3.97. The molecule has 0 radical (unpaired) electrons. The lowest BCUT2D eigenvalue weighted by atomic mass is 10.1. The fourth-order valence-electron chi connectivity index (χ4n) is 2.48. The second kappa shape index (κ2) is 7.06. The molecule has 0 spiro atoms. The first-order valence-corrected chi connectivity index (χ1v) is 8.46. The molecule has 27 heavy (non-hydrogen) atoms. The number of benzene rings is 1. The topological polar surface area (TPSA) is 102 Å². The third-order valence-electron chi connectivity index (χ3n) is 3.97. The van der Waals surface area contributed by atoms with E-state index in [1.54, 1.807) is 23.3 Å². The molecule has 8 heteroatoms. The Morgan fingerprint density at radius 3 is 2.63 bits per heavy atom. The highest BCUT2D eigenvalue weighted by molar-refractivity contribution is 5.93. The summed E-state index contributed by atoms with van der Waals surface area (Å²) in [5, 5.41) is 20.1. The quantitative estimate of drug-likeness (QED) is 0.721. The largest absolute Gasteiger partial charge is 0.476 e. The number of aromatic carboxylic acids is 1. The van der Waals surface area contributed by atoms with Gasteiger partial charge in [0.15, 0.2) is 5.69 Å². The van der Waals surface area contributed by atoms with Crippen LogP contribution in [0.3, 0.4) is 0 Å². The van der Waals surface area contributed by atoms with Crippen LogP contribution >= 0.6 is 0 Å². The summed E-state index contributed by atoms with van der Waals surface area (Å²) in [6.07, 6.45) is 4.86. The van der Waals surface area contributed by atoms with E-state index in [1.165, 1.54) is 10.7 Å². The summed E-state index contributed by atoms with van der Waals surface area (Å²) in [6.45, 7) is 6.37. The van der Waals surface area contributed by atoms with Gasteiger partial charge < -0.3 is 10.4 Å². The number of amides is 1. The van der Waals surface area contributed by atoms with Crippen molar-refractivity contribution < 1.29 is 14.7 Å². The number of nitrogens with zero attached hydrogens (tertiary/aromatic N) is 4. The van der Waals surface area contributed by atoms with Crippen molar-refractivity contribution >= 4 is 11.9 Å². The zero-order chi connectivity index (χ0) is 19.6. The van der Waals surface area contributed by atoms with Gasteiger partial charge in [0.2, 0.25) is 0 Å². The molecule has 0 aliphatic carbocycles. The highest BCUT2D eigenvalue weighted by atomic mass is 16.4. The molecule has 0 atom stereocenters. The van der Waals surface area contributed by atoms with Crippen molar-refractivity contribution in [2.45, 2.75) is 32.9 Å². The fourth-order valence-corrected chi connectivity index (χ4v) is 2.48. The summed E-state index contributed by atoms with van der Waals surface area (Å²) >= 11 is 0. The molecular formula is C19H21N5O3. The maximum atomic E-state index is 12.3. The zero-order valence-electron chi connectivity index (χ0n) is 15.4. The van der Waals surface area contributed by atoms with E-state index in [-0.39, 0.29) is 17.1 Å². The molecule has 3 aromatic rings. The van der Waals surface area contributed by atoms with Crippen molar-refractivity contribution in [3.63, 3.8) is 0 Å². The van der Waals surface area contributed by atoms with Crippen molar-refractivity contribution in [2.75, 3.05) is 0 Å². The highest BCUT2D eigenvalue weighted by Gasteiger charge is 2.16. The molecule has 140 valence electrons. The average molecular weight is 367 g/mol. The second-order valence-corrected chi connectivity index (χ2v) is 7.15. The van der Waals surface area contributed by atoms with Crippen molar-refractivity contribution in [2.24, 2.45) is 0 Å². The number of hydrogen-bond donors (Lipinski definition) is 2. The molecule has 0 aliphatic heterocycles. The van der Waals surface area contributed by atoms with Gasteiger partial charge in [-0.3, -0.25) is 9.48 Å². The van der Waals surface area contributed by atoms with E-state index in [0.717, 1.165) is 11.3 Å². The van der Waals surface area contributed by atoms with Gasteiger partial charge in [0.25, 0.3) is 5.91 Å². The first-order valence-electron chi connectivity index (χ1n) is 8.46. The van der Waals surface area contributed by atoms with Crippen LogP contribution in [-0.2, 0) is 12.1 Å². The molecule has 0 saturated heterocycles. The Morgan fingerprint density at radius 2 is 2.00 bits per heavy atom. The highest BCUT2D eigenvalue weighted by Crippen LogP contribution is 2.14. The Hall–Kier alpha value is -3.42. The smallest absolute Gasteiger partial charge is 0.356 e. The van der Waals surface area contributed by atoms with Crippen LogP contribution < -0.4 is 5.32 Å². The van der Waals surface area contributed by atoms with E-state index < -0.39 is 5.97 Å². The number of hydrogen-bond acceptors (Lipinski definition) is 4. The molecule has 1 amide bonds. The van der Waals surface area contributed by atoms with E-state index in [2.05, 4.69) is 15.5 Å². The number of carboxylic acids is 1. The third kappa shape index (κ3) is 4.22. The molecule has 0 aliphatic rings. The predicted molar refractivity (Wildman–Crippen MR) is 98.9 cm³/mol. The summed E-state index contributed by atoms with van der Waals surface area (Å²) < 4.78 is 3.24. The van der Waals surface area contributed by atoms with Crippen LogP contribution in [0.2, 0.25) is 0 Å². The van der Waals surface area contributed by atoms with Gasteiger partial charge in [-0.15, -0.1) is 0 Å². The van der Waals surface area contributed by atoms with Gasteiger partial charge in [0.1, 0.15) is 0 Å². The standard InChI is InChI=1S/C19H21N5O3/c1-19(2,3)24-12-14(11-21-24)17(25)20-10-13-5-4-6-15(9-13)23-8-7-16(22-23)18(26)27/h4-9,11-12H,10H2,1-3H3,(H,20,25)(H,26,27). The van der Waals surface area contributed by atoms with Gasteiger partial charge in [-0.25, -0.2) is 9.48 Å². The van der Waals surface area contributed by atoms with Crippen LogP contribution in [0.25, 0.3) is 5.69 Å². The minimum atomic E-state index is -1.08. The summed E-state index contributed by atoms with van der Waals surface area (Å²) in [6, 6.07) is 8.80. The van der Waals surface area contributed by atoms with Gasteiger partial charge >= 0.3 is 5.97 Å². The lowest BCUT2D eigenvalue weighted by molar-refractivity contribution is 0.0689. The van der Waals surface area contributed by atoms with Crippen LogP contribution in [0.5, 0.6) is 0 Å². The zero-order valence-corrected chi connectivity index (χ0v) is 15.4. The van der Waals surface area contributed by atoms with Crippen molar-refractivity contribution in [3.8, 4) is 5.69 Å². The first-order chi connectivity index (χ1) is 12.7. The number of rotatable bonds is 5. The minimum Gasteiger partial charge on any atom is -0.476 e. The van der Waals surface area contributed by atoms with E-state index in [9.17, 15) is 9.59 Å². The Kier molecular flexibility index (Phi) is 4.81. The SMILES string of the molecule is CC(C)(C)n1cc(C(=O)NCc2cccc(-n3ccc(C(=O)O)n3)c2)cn1. The Labute approximate surface area is 156 Å². The number of aromatic nitrogens is 4. The monoisotopic (exact) mass is 367 g/mol. The number of carboxylic acid groups (broad SMARTS) is 1. The summed E-state index contributed by atoms with van der Waals surface area (Å²) in [4.78, 5) is 23.3.